The molecule has 0 radical (unpaired) electrons. The standard InChI is InChI=1S/C30H24F2N4O3.C29H21F2N3O4/c1-33-29(38)21-14-23-24(16-35-28(23)34-15-21)20-5-2-4-18(12-20)8-10-27(37)22-6-3-11-36(30(22)39)17-19-7-9-25(31)26(32)13-19;30-24-8-6-18(12-25(24)31)16-34-10-2-5-21(28(34)36)26(35)9-7-17-3-1-4-19(11-17)23-15-33-27-22(23)13-20(14-32-27)29(37)38/h2-7,9,11-16H,8,10,17H2,1H3,(H,33,38)(H,34,35);1-6,8,10-15H,7,9,16H2,(H,32,33)(H,37,38). The van der Waals surface area contributed by atoms with Crippen molar-refractivity contribution < 1.29 is 41.8 Å². The number of carboxylic acid groups (broad SMARTS) is 1. The number of Topliss-reactive ketones (excluding diaryl/α,β-unsaturated/α-hetero) is 2. The Balaban J connectivity index is 0.000000188. The van der Waals surface area contributed by atoms with Crippen LogP contribution in [-0.4, -0.2) is 64.7 Å². The van der Waals surface area contributed by atoms with Gasteiger partial charge in [-0.15, -0.1) is 0 Å². The minimum Gasteiger partial charge on any atom is -0.478 e. The molecule has 386 valence electrons. The van der Waals surface area contributed by atoms with Gasteiger partial charge < -0.3 is 29.5 Å². The van der Waals surface area contributed by atoms with Crippen molar-refractivity contribution in [3.63, 3.8) is 0 Å². The Morgan fingerprint density at radius 2 is 1.00 bits per heavy atom. The Labute approximate surface area is 435 Å². The van der Waals surface area contributed by atoms with E-state index in [-0.39, 0.29) is 60.1 Å². The monoisotopic (exact) mass is 1040 g/mol. The van der Waals surface area contributed by atoms with E-state index in [9.17, 15) is 51.4 Å². The van der Waals surface area contributed by atoms with Crippen molar-refractivity contribution in [2.75, 3.05) is 7.05 Å². The average Bonchev–Trinajstić information content (AvgIpc) is 4.08. The molecule has 4 aromatic carbocycles. The van der Waals surface area contributed by atoms with Gasteiger partial charge in [0.1, 0.15) is 11.3 Å². The van der Waals surface area contributed by atoms with Gasteiger partial charge in [-0.2, -0.15) is 0 Å². The third-order valence-electron chi connectivity index (χ3n) is 12.9. The summed E-state index contributed by atoms with van der Waals surface area (Å²) in [5.74, 6) is -5.87. The van der Waals surface area contributed by atoms with E-state index in [2.05, 4.69) is 25.3 Å². The Morgan fingerprint density at radius 1 is 0.545 bits per heavy atom. The molecule has 77 heavy (non-hydrogen) atoms. The number of halogens is 4. The number of carboxylic acids is 1. The quantitative estimate of drug-likeness (QED) is 0.0537. The highest BCUT2D eigenvalue weighted by Gasteiger charge is 2.18. The van der Waals surface area contributed by atoms with Gasteiger partial charge in [0.25, 0.3) is 17.0 Å². The summed E-state index contributed by atoms with van der Waals surface area (Å²) >= 11 is 0. The molecule has 0 aliphatic heterocycles. The minimum atomic E-state index is -1.07. The number of aryl methyl sites for hydroxylation is 2. The van der Waals surface area contributed by atoms with Crippen molar-refractivity contribution in [2.24, 2.45) is 0 Å². The largest absolute Gasteiger partial charge is 0.478 e. The molecule has 0 saturated heterocycles. The van der Waals surface area contributed by atoms with Gasteiger partial charge in [0.05, 0.1) is 35.3 Å². The maximum absolute atomic E-state index is 13.6. The lowest BCUT2D eigenvalue weighted by Crippen LogP contribution is -2.26. The Kier molecular flexibility index (Phi) is 15.4. The number of carbonyl (C=O) groups is 4. The maximum atomic E-state index is 13.6. The highest BCUT2D eigenvalue weighted by atomic mass is 19.2. The van der Waals surface area contributed by atoms with E-state index in [0.717, 1.165) is 63.0 Å². The van der Waals surface area contributed by atoms with Crippen molar-refractivity contribution >= 4 is 45.5 Å². The SMILES string of the molecule is CNC(=O)c1cnc2[nH]cc(-c3cccc(CCC(=O)c4cccn(Cc5ccc(F)c(F)c5)c4=O)c3)c2c1.O=C(O)c1cnc2[nH]cc(-c3cccc(CCC(=O)c4cccn(Cc5ccc(F)c(F)c5)c4=O)c3)c2c1. The van der Waals surface area contributed by atoms with E-state index in [1.54, 1.807) is 37.5 Å². The topological polar surface area (TPSA) is 202 Å². The third kappa shape index (κ3) is 11.8. The van der Waals surface area contributed by atoms with Crippen LogP contribution in [0.1, 0.15) is 76.5 Å². The Bertz CT molecular complexity index is 4050. The molecule has 14 nitrogen and oxygen atoms in total. The first-order valence-corrected chi connectivity index (χ1v) is 24.1. The van der Waals surface area contributed by atoms with Gasteiger partial charge in [-0.3, -0.25) is 24.0 Å². The van der Waals surface area contributed by atoms with Crippen LogP contribution in [0.4, 0.5) is 17.6 Å². The van der Waals surface area contributed by atoms with Crippen LogP contribution >= 0.6 is 0 Å². The predicted octanol–water partition coefficient (Wildman–Crippen LogP) is 10.1. The average molecular weight is 1040 g/mol. The second-order valence-electron chi connectivity index (χ2n) is 18.0. The van der Waals surface area contributed by atoms with Crippen molar-refractivity contribution in [3.05, 3.63) is 247 Å². The molecule has 10 rings (SSSR count). The number of aromatic nitrogens is 6. The molecule has 1 amide bonds. The predicted molar refractivity (Wildman–Crippen MR) is 281 cm³/mol. The lowest BCUT2D eigenvalue weighted by atomic mass is 9.98. The van der Waals surface area contributed by atoms with Crippen LogP contribution in [0.25, 0.3) is 44.3 Å². The number of hydrogen-bond acceptors (Lipinski definition) is 8. The van der Waals surface area contributed by atoms with Gasteiger partial charge in [-0.25, -0.2) is 32.3 Å². The summed E-state index contributed by atoms with van der Waals surface area (Å²) < 4.78 is 56.2. The van der Waals surface area contributed by atoms with Gasteiger partial charge >= 0.3 is 5.97 Å². The van der Waals surface area contributed by atoms with E-state index in [1.807, 2.05) is 54.7 Å². The molecule has 0 aliphatic rings. The summed E-state index contributed by atoms with van der Waals surface area (Å²) in [7, 11) is 1.56. The molecule has 6 aromatic heterocycles. The van der Waals surface area contributed by atoms with E-state index in [1.165, 1.54) is 58.2 Å². The summed E-state index contributed by atoms with van der Waals surface area (Å²) in [4.78, 5) is 89.9. The van der Waals surface area contributed by atoms with Gasteiger partial charge in [-0.1, -0.05) is 60.7 Å². The van der Waals surface area contributed by atoms with Crippen LogP contribution < -0.4 is 16.4 Å². The van der Waals surface area contributed by atoms with Crippen LogP contribution in [-0.2, 0) is 25.9 Å². The maximum Gasteiger partial charge on any atom is 0.337 e. The minimum absolute atomic E-state index is 0.00225. The lowest BCUT2D eigenvalue weighted by molar-refractivity contribution is 0.0695. The number of rotatable bonds is 16. The molecule has 6 heterocycles. The zero-order chi connectivity index (χ0) is 54.3. The van der Waals surface area contributed by atoms with Gasteiger partial charge in [-0.05, 0) is 107 Å². The number of ketones is 2. The summed E-state index contributed by atoms with van der Waals surface area (Å²) in [6, 6.07) is 31.5. The fraction of sp³-hybridized carbons (Fsp3) is 0.119. The molecule has 0 aliphatic carbocycles. The van der Waals surface area contributed by atoms with Gasteiger partial charge in [0.2, 0.25) is 0 Å². The number of amides is 1. The first-order valence-electron chi connectivity index (χ1n) is 24.1. The smallest absolute Gasteiger partial charge is 0.337 e. The third-order valence-corrected chi connectivity index (χ3v) is 12.9. The number of nitrogens with zero attached hydrogens (tertiary/aromatic N) is 4. The number of fused-ring (bicyclic) bond motifs is 2. The number of aromatic carboxylic acids is 1. The summed E-state index contributed by atoms with van der Waals surface area (Å²) in [6.07, 6.45) is 10.4. The number of H-pyrrole nitrogens is 2. The van der Waals surface area contributed by atoms with E-state index >= 15 is 0 Å². The Morgan fingerprint density at radius 3 is 1.44 bits per heavy atom. The van der Waals surface area contributed by atoms with E-state index < -0.39 is 40.4 Å². The van der Waals surface area contributed by atoms with Crippen LogP contribution in [0.2, 0.25) is 0 Å². The van der Waals surface area contributed by atoms with E-state index in [0.29, 0.717) is 46.2 Å². The molecule has 0 saturated carbocycles. The summed E-state index contributed by atoms with van der Waals surface area (Å²) in [5, 5.41) is 13.4. The van der Waals surface area contributed by atoms with Crippen molar-refractivity contribution in [1.82, 2.24) is 34.4 Å². The zero-order valence-electron chi connectivity index (χ0n) is 41.0. The second kappa shape index (κ2) is 22.7. The fourth-order valence-electron chi connectivity index (χ4n) is 8.86. The number of hydrogen-bond donors (Lipinski definition) is 4. The van der Waals surface area contributed by atoms with Crippen molar-refractivity contribution in [2.45, 2.75) is 38.8 Å². The van der Waals surface area contributed by atoms with Crippen molar-refractivity contribution in [3.8, 4) is 22.3 Å². The zero-order valence-corrected chi connectivity index (χ0v) is 41.0. The molecular weight excluding hydrogens is 995 g/mol. The summed E-state index contributed by atoms with van der Waals surface area (Å²) in [5.41, 5.74) is 6.80. The molecule has 4 N–H and O–H groups in total. The van der Waals surface area contributed by atoms with Crippen LogP contribution in [0, 0.1) is 23.3 Å². The number of aromatic amines is 2. The van der Waals surface area contributed by atoms with Crippen LogP contribution in [0.15, 0.2) is 168 Å². The molecule has 0 unspecified atom stereocenters. The molecule has 0 bridgehead atoms. The Hall–Kier alpha value is -9.84. The van der Waals surface area contributed by atoms with Crippen LogP contribution in [0.5, 0.6) is 0 Å². The number of nitrogens with one attached hydrogen (secondary N) is 3. The molecule has 0 atom stereocenters. The molecule has 18 heteroatoms. The van der Waals surface area contributed by atoms with E-state index in [4.69, 9.17) is 0 Å². The molecule has 0 spiro atoms. The second-order valence-corrected chi connectivity index (χ2v) is 18.0. The van der Waals surface area contributed by atoms with Crippen LogP contribution in [0.3, 0.4) is 0 Å². The van der Waals surface area contributed by atoms with Crippen molar-refractivity contribution in [1.29, 1.82) is 0 Å². The van der Waals surface area contributed by atoms with Gasteiger partial charge in [0, 0.05) is 79.0 Å². The first-order chi connectivity index (χ1) is 37.1. The first kappa shape index (κ1) is 52.0. The molecule has 0 fully saturated rings. The number of benzene rings is 4. The normalized spacial score (nSPS) is 11.1. The highest BCUT2D eigenvalue weighted by molar-refractivity contribution is 6.02. The number of pyridine rings is 4. The van der Waals surface area contributed by atoms with Gasteiger partial charge in [0.15, 0.2) is 34.8 Å². The molecule has 10 aromatic rings. The number of carbonyl (C=O) groups excluding carboxylic acids is 3. The summed E-state index contributed by atoms with van der Waals surface area (Å²) in [6.45, 7) is 0.0164. The lowest BCUT2D eigenvalue weighted by Gasteiger charge is -2.09. The highest BCUT2D eigenvalue weighted by Crippen LogP contribution is 2.31. The molecular formula is C59H45F4N7O7. The fourth-order valence-corrected chi connectivity index (χ4v) is 8.86.